The molecule has 170 valence electrons. The van der Waals surface area contributed by atoms with E-state index in [1.807, 2.05) is 55.5 Å². The lowest BCUT2D eigenvalue weighted by Gasteiger charge is -2.12. The van der Waals surface area contributed by atoms with Gasteiger partial charge in [0.25, 0.3) is 0 Å². The van der Waals surface area contributed by atoms with Gasteiger partial charge in [-0.2, -0.15) is 5.26 Å². The fourth-order valence-corrected chi connectivity index (χ4v) is 4.50. The average molecular weight is 466 g/mol. The van der Waals surface area contributed by atoms with Crippen molar-refractivity contribution in [3.8, 4) is 45.2 Å². The first-order valence-corrected chi connectivity index (χ1v) is 10.8. The number of fused-ring (bicyclic) bond motifs is 3. The minimum Gasteiger partial charge on any atom is -0.406 e. The molecule has 0 radical (unpaired) electrons. The van der Waals surface area contributed by atoms with Gasteiger partial charge in [-0.3, -0.25) is 0 Å². The van der Waals surface area contributed by atoms with E-state index in [0.717, 1.165) is 38.9 Å². The zero-order valence-electron chi connectivity index (χ0n) is 18.6. The number of hydrogen-bond acceptors (Lipinski definition) is 2. The SMILES string of the molecule is [C-]#[N+]c1cc2c(cc1-c1ccc(C)cc1)-c1cc(-c3ccc(OC(F)(F)F)cc3)c(C#N)cc1C2. The van der Waals surface area contributed by atoms with E-state index in [1.165, 1.54) is 24.3 Å². The fraction of sp³-hybridized carbons (Fsp3) is 0.103. The Morgan fingerprint density at radius 3 is 2.00 bits per heavy atom. The molecule has 0 heterocycles. The molecule has 6 heteroatoms. The van der Waals surface area contributed by atoms with E-state index >= 15 is 0 Å². The second-order valence-electron chi connectivity index (χ2n) is 8.42. The molecule has 4 aromatic rings. The molecule has 0 bridgehead atoms. The monoisotopic (exact) mass is 466 g/mol. The number of benzene rings is 4. The largest absolute Gasteiger partial charge is 0.573 e. The van der Waals surface area contributed by atoms with Gasteiger partial charge in [-0.05, 0) is 76.6 Å². The van der Waals surface area contributed by atoms with Gasteiger partial charge >= 0.3 is 6.36 Å². The molecular weight excluding hydrogens is 449 g/mol. The van der Waals surface area contributed by atoms with Crippen LogP contribution in [0.15, 0.2) is 72.8 Å². The van der Waals surface area contributed by atoms with E-state index < -0.39 is 6.36 Å². The summed E-state index contributed by atoms with van der Waals surface area (Å²) >= 11 is 0. The lowest BCUT2D eigenvalue weighted by Crippen LogP contribution is -2.16. The molecule has 0 fully saturated rings. The summed E-state index contributed by atoms with van der Waals surface area (Å²) in [5, 5.41) is 9.77. The molecule has 1 aliphatic rings. The molecule has 0 amide bonds. The third-order valence-corrected chi connectivity index (χ3v) is 6.14. The van der Waals surface area contributed by atoms with Gasteiger partial charge in [0.05, 0.1) is 18.2 Å². The van der Waals surface area contributed by atoms with Gasteiger partial charge in [-0.25, -0.2) is 4.85 Å². The molecule has 0 spiro atoms. The van der Waals surface area contributed by atoms with Gasteiger partial charge in [0.2, 0.25) is 0 Å². The smallest absolute Gasteiger partial charge is 0.406 e. The van der Waals surface area contributed by atoms with E-state index in [-0.39, 0.29) is 5.75 Å². The maximum absolute atomic E-state index is 12.5. The first-order valence-electron chi connectivity index (χ1n) is 10.8. The molecule has 0 saturated heterocycles. The maximum Gasteiger partial charge on any atom is 0.573 e. The molecule has 0 N–H and O–H groups in total. The van der Waals surface area contributed by atoms with E-state index in [4.69, 9.17) is 6.57 Å². The number of halogens is 3. The molecule has 5 rings (SSSR count). The third kappa shape index (κ3) is 4.23. The molecular formula is C29H17F3N2O. The topological polar surface area (TPSA) is 37.4 Å². The Hall–Kier alpha value is -4.55. The highest BCUT2D eigenvalue weighted by Gasteiger charge is 2.31. The first kappa shape index (κ1) is 22.3. The lowest BCUT2D eigenvalue weighted by molar-refractivity contribution is -0.274. The Morgan fingerprint density at radius 1 is 0.829 bits per heavy atom. The molecule has 0 aliphatic heterocycles. The predicted octanol–water partition coefficient (Wildman–Crippen LogP) is 8.22. The minimum atomic E-state index is -4.77. The van der Waals surface area contributed by atoms with Crippen LogP contribution >= 0.6 is 0 Å². The van der Waals surface area contributed by atoms with Crippen molar-refractivity contribution in [1.29, 1.82) is 5.26 Å². The number of rotatable bonds is 3. The Kier molecular flexibility index (Phi) is 5.30. The second-order valence-corrected chi connectivity index (χ2v) is 8.42. The third-order valence-electron chi connectivity index (χ3n) is 6.14. The number of ether oxygens (including phenoxy) is 1. The van der Waals surface area contributed by atoms with E-state index in [0.29, 0.717) is 28.8 Å². The predicted molar refractivity (Wildman–Crippen MR) is 128 cm³/mol. The van der Waals surface area contributed by atoms with Gasteiger partial charge in [-0.1, -0.05) is 54.1 Å². The van der Waals surface area contributed by atoms with Crippen LogP contribution in [0.25, 0.3) is 38.2 Å². The number of nitriles is 1. The standard InChI is InChI=1S/C29H17F3N2O/c1-17-3-5-19(6-4-17)27-15-26-21(13-28(27)34-2)11-20-12-22(16-33)24(14-25(20)26)18-7-9-23(10-8-18)35-29(30,31)32/h3-10,12-15H,11H2,1H3. The summed E-state index contributed by atoms with van der Waals surface area (Å²) in [7, 11) is 0. The Labute approximate surface area is 200 Å². The molecule has 3 nitrogen and oxygen atoms in total. The lowest BCUT2D eigenvalue weighted by atomic mass is 9.92. The average Bonchev–Trinajstić information content (AvgIpc) is 3.18. The normalized spacial score (nSPS) is 11.8. The van der Waals surface area contributed by atoms with E-state index in [2.05, 4.69) is 15.7 Å². The molecule has 35 heavy (non-hydrogen) atoms. The van der Waals surface area contributed by atoms with Crippen molar-refractivity contribution in [2.24, 2.45) is 0 Å². The Bertz CT molecular complexity index is 1540. The zero-order valence-corrected chi connectivity index (χ0v) is 18.6. The minimum absolute atomic E-state index is 0.319. The summed E-state index contributed by atoms with van der Waals surface area (Å²) in [5.74, 6) is -0.319. The Morgan fingerprint density at radius 2 is 1.40 bits per heavy atom. The van der Waals surface area contributed by atoms with Crippen LogP contribution in [0, 0.1) is 24.8 Å². The van der Waals surface area contributed by atoms with Crippen LogP contribution in [-0.2, 0) is 6.42 Å². The van der Waals surface area contributed by atoms with E-state index in [9.17, 15) is 18.4 Å². The van der Waals surface area contributed by atoms with Crippen LogP contribution in [0.4, 0.5) is 18.9 Å². The highest BCUT2D eigenvalue weighted by Crippen LogP contribution is 2.45. The summed E-state index contributed by atoms with van der Waals surface area (Å²) in [5.41, 5.74) is 9.11. The van der Waals surface area contributed by atoms with Crippen molar-refractivity contribution in [2.45, 2.75) is 19.7 Å². The van der Waals surface area contributed by atoms with Crippen LogP contribution in [0.2, 0.25) is 0 Å². The highest BCUT2D eigenvalue weighted by atomic mass is 19.4. The second kappa shape index (κ2) is 8.34. The van der Waals surface area contributed by atoms with Gasteiger partial charge in [-0.15, -0.1) is 13.2 Å². The Balaban J connectivity index is 1.61. The van der Waals surface area contributed by atoms with Crippen molar-refractivity contribution in [1.82, 2.24) is 0 Å². The van der Waals surface area contributed by atoms with Gasteiger partial charge in [0, 0.05) is 5.56 Å². The number of alkyl halides is 3. The van der Waals surface area contributed by atoms with Crippen LogP contribution in [-0.4, -0.2) is 6.36 Å². The van der Waals surface area contributed by atoms with Crippen molar-refractivity contribution in [3.63, 3.8) is 0 Å². The zero-order chi connectivity index (χ0) is 24.7. The first-order chi connectivity index (χ1) is 16.8. The molecule has 0 atom stereocenters. The molecule has 0 aromatic heterocycles. The van der Waals surface area contributed by atoms with Crippen LogP contribution in [0.3, 0.4) is 0 Å². The number of nitrogens with zero attached hydrogens (tertiary/aromatic N) is 2. The van der Waals surface area contributed by atoms with Crippen LogP contribution in [0.1, 0.15) is 22.3 Å². The number of hydrogen-bond donors (Lipinski definition) is 0. The molecule has 0 saturated carbocycles. The molecule has 4 aromatic carbocycles. The van der Waals surface area contributed by atoms with Gasteiger partial charge < -0.3 is 4.74 Å². The van der Waals surface area contributed by atoms with Gasteiger partial charge in [0.1, 0.15) is 5.75 Å². The van der Waals surface area contributed by atoms with Crippen molar-refractivity contribution < 1.29 is 17.9 Å². The summed E-state index contributed by atoms with van der Waals surface area (Å²) in [4.78, 5) is 3.75. The highest BCUT2D eigenvalue weighted by molar-refractivity contribution is 5.91. The summed E-state index contributed by atoms with van der Waals surface area (Å²) in [6, 6.07) is 23.4. The fourth-order valence-electron chi connectivity index (χ4n) is 4.50. The van der Waals surface area contributed by atoms with Crippen LogP contribution in [0.5, 0.6) is 5.75 Å². The van der Waals surface area contributed by atoms with Crippen molar-refractivity contribution >= 4 is 5.69 Å². The van der Waals surface area contributed by atoms with Crippen LogP contribution < -0.4 is 4.74 Å². The van der Waals surface area contributed by atoms with E-state index in [1.54, 1.807) is 0 Å². The molecule has 1 aliphatic carbocycles. The summed E-state index contributed by atoms with van der Waals surface area (Å²) < 4.78 is 41.5. The van der Waals surface area contributed by atoms with Crippen molar-refractivity contribution in [3.05, 3.63) is 106 Å². The maximum atomic E-state index is 12.5. The summed E-state index contributed by atoms with van der Waals surface area (Å²) in [6.07, 6.45) is -4.16. The van der Waals surface area contributed by atoms with Crippen molar-refractivity contribution in [2.75, 3.05) is 0 Å². The number of aryl methyl sites for hydroxylation is 1. The van der Waals surface area contributed by atoms with Gasteiger partial charge in [0.15, 0.2) is 5.69 Å². The quantitative estimate of drug-likeness (QED) is 0.251. The summed E-state index contributed by atoms with van der Waals surface area (Å²) in [6.45, 7) is 9.69. The molecule has 0 unspecified atom stereocenters.